The van der Waals surface area contributed by atoms with Crippen LogP contribution >= 0.6 is 11.8 Å². The van der Waals surface area contributed by atoms with Crippen molar-refractivity contribution in [2.45, 2.75) is 51.4 Å². The van der Waals surface area contributed by atoms with E-state index in [1.807, 2.05) is 6.26 Å². The predicted molar refractivity (Wildman–Crippen MR) is 61.7 cm³/mol. The summed E-state index contributed by atoms with van der Waals surface area (Å²) < 4.78 is 5.95. The Labute approximate surface area is 91.4 Å². The Morgan fingerprint density at radius 1 is 1.43 bits per heavy atom. The predicted octanol–water partition coefficient (Wildman–Crippen LogP) is 2.30. The van der Waals surface area contributed by atoms with Crippen LogP contribution in [-0.4, -0.2) is 34.4 Å². The number of thioether (sulfide) groups is 1. The van der Waals surface area contributed by atoms with Gasteiger partial charge < -0.3 is 9.84 Å². The van der Waals surface area contributed by atoms with Gasteiger partial charge in [0.15, 0.2) is 0 Å². The van der Waals surface area contributed by atoms with E-state index in [1.165, 1.54) is 0 Å². The molecule has 14 heavy (non-hydrogen) atoms. The van der Waals surface area contributed by atoms with Gasteiger partial charge in [-0.15, -0.1) is 0 Å². The molecule has 1 N–H and O–H groups in total. The van der Waals surface area contributed by atoms with Crippen molar-refractivity contribution in [2.75, 3.05) is 12.0 Å². The van der Waals surface area contributed by atoms with Crippen molar-refractivity contribution in [1.29, 1.82) is 0 Å². The lowest BCUT2D eigenvalue weighted by molar-refractivity contribution is -0.0853. The van der Waals surface area contributed by atoms with Gasteiger partial charge in [-0.25, -0.2) is 0 Å². The molecule has 1 saturated heterocycles. The van der Waals surface area contributed by atoms with Crippen LogP contribution in [0.2, 0.25) is 0 Å². The molecule has 1 heterocycles. The van der Waals surface area contributed by atoms with Crippen molar-refractivity contribution >= 4 is 11.8 Å². The third kappa shape index (κ3) is 2.65. The van der Waals surface area contributed by atoms with Gasteiger partial charge in [0, 0.05) is 11.7 Å². The molecular formula is C11H22O2S. The molecule has 1 aliphatic rings. The number of hydrogen-bond acceptors (Lipinski definition) is 3. The molecule has 84 valence electrons. The largest absolute Gasteiger partial charge is 0.392 e. The smallest absolute Gasteiger partial charge is 0.0687 e. The maximum absolute atomic E-state index is 10.0. The monoisotopic (exact) mass is 218 g/mol. The molecule has 0 spiro atoms. The minimum atomic E-state index is -0.248. The maximum atomic E-state index is 10.0. The van der Waals surface area contributed by atoms with Gasteiger partial charge in [0.05, 0.1) is 17.3 Å². The molecule has 0 aromatic carbocycles. The highest BCUT2D eigenvalue weighted by Crippen LogP contribution is 2.43. The van der Waals surface area contributed by atoms with E-state index in [1.54, 1.807) is 11.8 Å². The molecule has 2 atom stereocenters. The van der Waals surface area contributed by atoms with Gasteiger partial charge in [-0.2, -0.15) is 11.8 Å². The van der Waals surface area contributed by atoms with Crippen LogP contribution in [0.25, 0.3) is 0 Å². The molecule has 0 saturated carbocycles. The molecule has 0 aliphatic carbocycles. The lowest BCUT2D eigenvalue weighted by Crippen LogP contribution is -2.37. The highest BCUT2D eigenvalue weighted by Gasteiger charge is 2.48. The van der Waals surface area contributed by atoms with E-state index < -0.39 is 0 Å². The molecule has 1 rings (SSSR count). The Morgan fingerprint density at radius 2 is 2.00 bits per heavy atom. The fraction of sp³-hybridized carbons (Fsp3) is 1.00. The van der Waals surface area contributed by atoms with E-state index in [-0.39, 0.29) is 23.2 Å². The second-order valence-electron chi connectivity index (χ2n) is 5.30. The van der Waals surface area contributed by atoms with Crippen molar-refractivity contribution < 1.29 is 9.84 Å². The lowest BCUT2D eigenvalue weighted by atomic mass is 9.84. The molecule has 0 aromatic rings. The van der Waals surface area contributed by atoms with Crippen molar-refractivity contribution in [2.24, 2.45) is 5.92 Å². The molecule has 3 heteroatoms. The van der Waals surface area contributed by atoms with Crippen molar-refractivity contribution in [3.63, 3.8) is 0 Å². The highest BCUT2D eigenvalue weighted by molar-refractivity contribution is 7.98. The molecule has 0 amide bonds. The van der Waals surface area contributed by atoms with Gasteiger partial charge in [0.25, 0.3) is 0 Å². The first-order valence-electron chi connectivity index (χ1n) is 5.16. The fourth-order valence-electron chi connectivity index (χ4n) is 2.49. The van der Waals surface area contributed by atoms with E-state index in [0.29, 0.717) is 0 Å². The summed E-state index contributed by atoms with van der Waals surface area (Å²) in [6.45, 7) is 8.35. The Balaban J connectivity index is 2.69. The average Bonchev–Trinajstić information content (AvgIpc) is 2.19. The summed E-state index contributed by atoms with van der Waals surface area (Å²) in [6.07, 6.45) is 2.72. The summed E-state index contributed by atoms with van der Waals surface area (Å²) >= 11 is 1.69. The summed E-state index contributed by atoms with van der Waals surface area (Å²) in [4.78, 5) is 0. The van der Waals surface area contributed by atoms with E-state index in [4.69, 9.17) is 4.74 Å². The van der Waals surface area contributed by atoms with Crippen LogP contribution < -0.4 is 0 Å². The van der Waals surface area contributed by atoms with E-state index in [0.717, 1.165) is 12.2 Å². The van der Waals surface area contributed by atoms with Gasteiger partial charge in [-0.3, -0.25) is 0 Å². The first kappa shape index (κ1) is 12.3. The third-order valence-corrected chi connectivity index (χ3v) is 3.62. The summed E-state index contributed by atoms with van der Waals surface area (Å²) in [5.41, 5.74) is -0.286. The van der Waals surface area contributed by atoms with Gasteiger partial charge in [-0.1, -0.05) is 0 Å². The topological polar surface area (TPSA) is 29.5 Å². The lowest BCUT2D eigenvalue weighted by Gasteiger charge is -2.30. The summed E-state index contributed by atoms with van der Waals surface area (Å²) in [6, 6.07) is 0. The first-order chi connectivity index (χ1) is 6.28. The SMILES string of the molecule is CSCC(O)C1CC(C)(C)OC1(C)C. The molecule has 1 fully saturated rings. The van der Waals surface area contributed by atoms with Crippen molar-refractivity contribution in [3.05, 3.63) is 0 Å². The van der Waals surface area contributed by atoms with E-state index >= 15 is 0 Å². The Hall–Kier alpha value is 0.270. The molecule has 0 bridgehead atoms. The highest BCUT2D eigenvalue weighted by atomic mass is 32.2. The van der Waals surface area contributed by atoms with Crippen LogP contribution in [0.1, 0.15) is 34.1 Å². The van der Waals surface area contributed by atoms with Crippen molar-refractivity contribution in [3.8, 4) is 0 Å². The molecule has 0 aromatic heterocycles. The Morgan fingerprint density at radius 3 is 2.36 bits per heavy atom. The summed E-state index contributed by atoms with van der Waals surface area (Å²) in [5.74, 6) is 1.05. The summed E-state index contributed by atoms with van der Waals surface area (Å²) in [7, 11) is 0. The van der Waals surface area contributed by atoms with Crippen LogP contribution in [0.15, 0.2) is 0 Å². The molecule has 2 nitrogen and oxygen atoms in total. The zero-order valence-corrected chi connectivity index (χ0v) is 10.6. The van der Waals surface area contributed by atoms with Gasteiger partial charge in [0.2, 0.25) is 0 Å². The number of hydrogen-bond donors (Lipinski definition) is 1. The van der Waals surface area contributed by atoms with Gasteiger partial charge in [-0.05, 0) is 40.4 Å². The molecular weight excluding hydrogens is 196 g/mol. The first-order valence-corrected chi connectivity index (χ1v) is 6.55. The van der Waals surface area contributed by atoms with E-state index in [2.05, 4.69) is 27.7 Å². The Bertz CT molecular complexity index is 201. The van der Waals surface area contributed by atoms with Gasteiger partial charge in [0.1, 0.15) is 0 Å². The standard InChI is InChI=1S/C11H22O2S/c1-10(2)6-8(9(12)7-14-5)11(3,4)13-10/h8-9,12H,6-7H2,1-5H3. The van der Waals surface area contributed by atoms with Crippen LogP contribution in [0.5, 0.6) is 0 Å². The maximum Gasteiger partial charge on any atom is 0.0687 e. The minimum absolute atomic E-state index is 0.0897. The van der Waals surface area contributed by atoms with Crippen molar-refractivity contribution in [1.82, 2.24) is 0 Å². The van der Waals surface area contributed by atoms with Crippen LogP contribution in [0, 0.1) is 5.92 Å². The number of rotatable bonds is 3. The second kappa shape index (κ2) is 4.03. The summed E-state index contributed by atoms with van der Waals surface area (Å²) in [5, 5.41) is 10.0. The molecule has 1 aliphatic heterocycles. The van der Waals surface area contributed by atoms with Gasteiger partial charge >= 0.3 is 0 Å². The zero-order valence-electron chi connectivity index (χ0n) is 9.83. The normalized spacial score (nSPS) is 31.7. The number of aliphatic hydroxyl groups excluding tert-OH is 1. The molecule has 0 radical (unpaired) electrons. The Kier molecular flexibility index (Phi) is 3.55. The second-order valence-corrected chi connectivity index (χ2v) is 6.21. The number of aliphatic hydroxyl groups is 1. The van der Waals surface area contributed by atoms with Crippen LogP contribution in [0.4, 0.5) is 0 Å². The molecule has 2 unspecified atom stereocenters. The number of ether oxygens (including phenoxy) is 1. The average molecular weight is 218 g/mol. The fourth-order valence-corrected chi connectivity index (χ4v) is 3.06. The minimum Gasteiger partial charge on any atom is -0.392 e. The van der Waals surface area contributed by atoms with Crippen LogP contribution in [0.3, 0.4) is 0 Å². The van der Waals surface area contributed by atoms with Crippen LogP contribution in [-0.2, 0) is 4.74 Å². The zero-order chi connectivity index (χ0) is 11.0. The quantitative estimate of drug-likeness (QED) is 0.788. The third-order valence-electron chi connectivity index (χ3n) is 2.95. The van der Waals surface area contributed by atoms with E-state index in [9.17, 15) is 5.11 Å².